The van der Waals surface area contributed by atoms with Crippen molar-refractivity contribution in [3.05, 3.63) is 6.92 Å². The zero-order chi connectivity index (χ0) is 16.5. The molecule has 0 saturated carbocycles. The van der Waals surface area contributed by atoms with Crippen LogP contribution in [0.25, 0.3) is 0 Å². The van der Waals surface area contributed by atoms with Crippen molar-refractivity contribution in [3.8, 4) is 0 Å². The van der Waals surface area contributed by atoms with E-state index in [1.807, 2.05) is 0 Å². The van der Waals surface area contributed by atoms with Crippen LogP contribution in [-0.2, 0) is 9.59 Å². The molecule has 5 nitrogen and oxygen atoms in total. The molecule has 0 aliphatic carbocycles. The van der Waals surface area contributed by atoms with E-state index < -0.39 is 24.4 Å². The maximum Gasteiger partial charge on any atom is 1.00 e. The first-order valence-electron chi connectivity index (χ1n) is 7.95. The number of carboxylic acids is 2. The predicted molar refractivity (Wildman–Crippen MR) is 85.1 cm³/mol. The molecule has 1 atom stereocenters. The predicted octanol–water partition coefficient (Wildman–Crippen LogP) is 0.618. The minimum Gasteiger partial charge on any atom is -0.481 e. The molecule has 0 rings (SSSR count). The third kappa shape index (κ3) is 24.9. The second-order valence-corrected chi connectivity index (χ2v) is 5.22. The van der Waals surface area contributed by atoms with Gasteiger partial charge in [0.2, 0.25) is 0 Å². The van der Waals surface area contributed by atoms with Gasteiger partial charge < -0.3 is 22.9 Å². The summed E-state index contributed by atoms with van der Waals surface area (Å²) in [4.78, 5) is 19.6. The largest absolute Gasteiger partial charge is 1.00 e. The van der Waals surface area contributed by atoms with Crippen LogP contribution in [0, 0.1) is 6.92 Å². The Hall–Kier alpha value is -0.100. The molecule has 0 heterocycles. The monoisotopic (exact) mass is 325 g/mol. The number of rotatable bonds is 12. The molecule has 22 heavy (non-hydrogen) atoms. The fourth-order valence-electron chi connectivity index (χ4n) is 1.76. The van der Waals surface area contributed by atoms with E-state index in [-0.39, 0.29) is 29.6 Å². The van der Waals surface area contributed by atoms with Gasteiger partial charge in [-0.25, -0.2) is 0 Å². The van der Waals surface area contributed by atoms with Crippen LogP contribution in [0.3, 0.4) is 0 Å². The van der Waals surface area contributed by atoms with E-state index in [9.17, 15) is 9.59 Å². The number of hydrogen-bond acceptors (Lipinski definition) is 3. The van der Waals surface area contributed by atoms with E-state index in [1.165, 1.54) is 57.8 Å². The second-order valence-electron chi connectivity index (χ2n) is 5.22. The smallest absolute Gasteiger partial charge is 0.481 e. The van der Waals surface area contributed by atoms with E-state index in [2.05, 4.69) is 13.8 Å². The summed E-state index contributed by atoms with van der Waals surface area (Å²) in [5.41, 5.74) is 4.84. The standard InChI is InChI=1S/C12H25.C4H7NO4.Na/c1-3-5-7-9-11-12-10-8-6-4-2;5-2(4(8)9)1-3(6)7;/h1,3-12H2,2H3;2H,1,5H2,(H,6,7)(H,8,9);/q-1;;+1. The van der Waals surface area contributed by atoms with Gasteiger partial charge in [0.15, 0.2) is 0 Å². The molecule has 126 valence electrons. The maximum atomic E-state index is 9.85. The molecule has 0 amide bonds. The van der Waals surface area contributed by atoms with Crippen molar-refractivity contribution in [2.75, 3.05) is 0 Å². The third-order valence-electron chi connectivity index (χ3n) is 3.07. The van der Waals surface area contributed by atoms with Crippen LogP contribution < -0.4 is 35.3 Å². The van der Waals surface area contributed by atoms with E-state index in [4.69, 9.17) is 15.9 Å². The molecule has 6 heteroatoms. The third-order valence-corrected chi connectivity index (χ3v) is 3.07. The van der Waals surface area contributed by atoms with E-state index in [0.29, 0.717) is 0 Å². The van der Waals surface area contributed by atoms with Crippen LogP contribution in [0.1, 0.15) is 77.6 Å². The molecule has 0 aromatic rings. The Morgan fingerprint density at radius 2 is 1.36 bits per heavy atom. The Balaban J connectivity index is -0.000000326. The quantitative estimate of drug-likeness (QED) is 0.277. The van der Waals surface area contributed by atoms with Gasteiger partial charge in [0.1, 0.15) is 6.04 Å². The van der Waals surface area contributed by atoms with Gasteiger partial charge >= 0.3 is 41.5 Å². The Kier molecular flexibility index (Phi) is 25.4. The first-order chi connectivity index (χ1) is 9.95. The van der Waals surface area contributed by atoms with Crippen LogP contribution in [0.15, 0.2) is 0 Å². The Morgan fingerprint density at radius 3 is 1.64 bits per heavy atom. The van der Waals surface area contributed by atoms with Gasteiger partial charge in [-0.1, -0.05) is 64.7 Å². The zero-order valence-corrected chi connectivity index (χ0v) is 16.4. The van der Waals surface area contributed by atoms with Crippen molar-refractivity contribution in [1.82, 2.24) is 0 Å². The molecule has 0 aliphatic heterocycles. The maximum absolute atomic E-state index is 9.85. The van der Waals surface area contributed by atoms with Gasteiger partial charge in [-0.15, -0.1) is 0 Å². The molecule has 0 radical (unpaired) electrons. The summed E-state index contributed by atoms with van der Waals surface area (Å²) < 4.78 is 0. The molecular formula is C16H32NNaO4. The number of carboxylic acid groups (broad SMARTS) is 2. The average Bonchev–Trinajstić information content (AvgIpc) is 2.42. The number of hydrogen-bond donors (Lipinski definition) is 3. The fraction of sp³-hybridized carbons (Fsp3) is 0.812. The van der Waals surface area contributed by atoms with Crippen LogP contribution in [0.2, 0.25) is 0 Å². The molecule has 0 aromatic carbocycles. The summed E-state index contributed by atoms with van der Waals surface area (Å²) in [7, 11) is 0. The topological polar surface area (TPSA) is 101 Å². The Labute approximate surface area is 157 Å². The Morgan fingerprint density at radius 1 is 0.955 bits per heavy atom. The molecule has 1 unspecified atom stereocenters. The van der Waals surface area contributed by atoms with Gasteiger partial charge in [-0.2, -0.15) is 6.42 Å². The molecule has 0 bridgehead atoms. The van der Waals surface area contributed by atoms with Crippen LogP contribution in [-0.4, -0.2) is 28.2 Å². The zero-order valence-electron chi connectivity index (χ0n) is 14.4. The van der Waals surface area contributed by atoms with Gasteiger partial charge in [-0.05, 0) is 0 Å². The van der Waals surface area contributed by atoms with Gasteiger partial charge in [0.25, 0.3) is 0 Å². The normalized spacial score (nSPS) is 10.9. The summed E-state index contributed by atoms with van der Waals surface area (Å²) in [6.07, 6.45) is 13.4. The van der Waals surface area contributed by atoms with Crippen molar-refractivity contribution in [3.63, 3.8) is 0 Å². The minimum absolute atomic E-state index is 0. The minimum atomic E-state index is -1.29. The molecule has 0 spiro atoms. The second kappa shape index (κ2) is 20.9. The number of aliphatic carboxylic acids is 2. The SMILES string of the molecule is NC(CC(=O)O)C(=O)O.[CH2-]CCCCCCCCCCC.[Na+]. The van der Waals surface area contributed by atoms with Crippen LogP contribution in [0.4, 0.5) is 0 Å². The number of nitrogens with two attached hydrogens (primary N) is 1. The van der Waals surface area contributed by atoms with Gasteiger partial charge in [-0.3, -0.25) is 9.59 Å². The number of carbonyl (C=O) groups is 2. The van der Waals surface area contributed by atoms with Crippen LogP contribution >= 0.6 is 0 Å². The van der Waals surface area contributed by atoms with Crippen molar-refractivity contribution >= 4 is 11.9 Å². The summed E-state index contributed by atoms with van der Waals surface area (Å²) in [5, 5.41) is 16.0. The summed E-state index contributed by atoms with van der Waals surface area (Å²) in [5.74, 6) is -2.50. The number of unbranched alkanes of at least 4 members (excludes halogenated alkanes) is 9. The van der Waals surface area contributed by atoms with Crippen molar-refractivity contribution in [2.45, 2.75) is 83.6 Å². The van der Waals surface area contributed by atoms with Gasteiger partial charge in [0, 0.05) is 0 Å². The first kappa shape index (κ1) is 26.8. The van der Waals surface area contributed by atoms with E-state index in [0.717, 1.165) is 6.42 Å². The van der Waals surface area contributed by atoms with E-state index >= 15 is 0 Å². The van der Waals surface area contributed by atoms with Crippen molar-refractivity contribution in [2.24, 2.45) is 5.73 Å². The molecule has 0 aliphatic rings. The molecule has 0 saturated heterocycles. The van der Waals surface area contributed by atoms with Gasteiger partial charge in [0.05, 0.1) is 6.42 Å². The van der Waals surface area contributed by atoms with E-state index in [1.54, 1.807) is 0 Å². The molecule has 0 aromatic heterocycles. The van der Waals surface area contributed by atoms with Crippen LogP contribution in [0.5, 0.6) is 0 Å². The molecular weight excluding hydrogens is 293 g/mol. The first-order valence-corrected chi connectivity index (χ1v) is 7.95. The molecule has 4 N–H and O–H groups in total. The summed E-state index contributed by atoms with van der Waals surface area (Å²) >= 11 is 0. The fourth-order valence-corrected chi connectivity index (χ4v) is 1.76. The summed E-state index contributed by atoms with van der Waals surface area (Å²) in [6, 6.07) is -1.29. The Bertz CT molecular complexity index is 253. The van der Waals surface area contributed by atoms with Crippen molar-refractivity contribution < 1.29 is 49.4 Å². The summed E-state index contributed by atoms with van der Waals surface area (Å²) in [6.45, 7) is 6.12. The van der Waals surface area contributed by atoms with Crippen molar-refractivity contribution in [1.29, 1.82) is 0 Å². The average molecular weight is 325 g/mol. The molecule has 0 fully saturated rings.